The highest BCUT2D eigenvalue weighted by atomic mass is 16.4. The fourth-order valence-corrected chi connectivity index (χ4v) is 2.18. The second-order valence-corrected chi connectivity index (χ2v) is 4.20. The molecule has 2 heterocycles. The lowest BCUT2D eigenvalue weighted by Gasteiger charge is -2.31. The third-order valence-corrected chi connectivity index (χ3v) is 3.15. The van der Waals surface area contributed by atoms with E-state index in [9.17, 15) is 4.79 Å². The molecule has 1 aromatic heterocycles. The van der Waals surface area contributed by atoms with E-state index in [4.69, 9.17) is 5.11 Å². The van der Waals surface area contributed by atoms with Crippen molar-refractivity contribution in [3.05, 3.63) is 18.0 Å². The van der Waals surface area contributed by atoms with Gasteiger partial charge in [-0.15, -0.1) is 0 Å². The van der Waals surface area contributed by atoms with Crippen LogP contribution in [0.25, 0.3) is 0 Å². The molecule has 1 fully saturated rings. The minimum Gasteiger partial charge on any atom is -0.478 e. The van der Waals surface area contributed by atoms with Crippen molar-refractivity contribution in [1.82, 2.24) is 14.7 Å². The molecule has 1 aromatic rings. The molecule has 0 aromatic carbocycles. The lowest BCUT2D eigenvalue weighted by molar-refractivity contribution is 0.0696. The summed E-state index contributed by atoms with van der Waals surface area (Å²) in [7, 11) is 0. The molecule has 16 heavy (non-hydrogen) atoms. The molecule has 88 valence electrons. The van der Waals surface area contributed by atoms with Crippen LogP contribution in [0.2, 0.25) is 0 Å². The highest BCUT2D eigenvalue weighted by Gasteiger charge is 2.21. The van der Waals surface area contributed by atoms with Crippen LogP contribution in [0.1, 0.15) is 36.2 Å². The average molecular weight is 223 g/mol. The van der Waals surface area contributed by atoms with Gasteiger partial charge >= 0.3 is 5.97 Å². The van der Waals surface area contributed by atoms with Crippen LogP contribution in [0.3, 0.4) is 0 Å². The van der Waals surface area contributed by atoms with Gasteiger partial charge in [0.15, 0.2) is 0 Å². The lowest BCUT2D eigenvalue weighted by atomic mass is 10.1. The van der Waals surface area contributed by atoms with Gasteiger partial charge in [0.25, 0.3) is 0 Å². The first kappa shape index (κ1) is 11.1. The standard InChI is InChI=1S/C11H17N3O2/c1-2-13-5-3-4-10(8-13)14-7-9(6-12-14)11(15)16/h6-7,10H,2-5,8H2,1H3,(H,15,16). The number of nitrogens with zero attached hydrogens (tertiary/aromatic N) is 3. The molecule has 0 bridgehead atoms. The van der Waals surface area contributed by atoms with Gasteiger partial charge in [0.2, 0.25) is 0 Å². The first-order chi connectivity index (χ1) is 7.70. The molecular formula is C11H17N3O2. The highest BCUT2D eigenvalue weighted by Crippen LogP contribution is 2.20. The Bertz CT molecular complexity index is 375. The fourth-order valence-electron chi connectivity index (χ4n) is 2.18. The van der Waals surface area contributed by atoms with Crippen LogP contribution in [0.4, 0.5) is 0 Å². The maximum absolute atomic E-state index is 10.8. The molecule has 1 saturated heterocycles. The molecule has 1 N–H and O–H groups in total. The quantitative estimate of drug-likeness (QED) is 0.837. The molecule has 2 rings (SSSR count). The number of hydrogen-bond donors (Lipinski definition) is 1. The van der Waals surface area contributed by atoms with E-state index in [0.717, 1.165) is 32.5 Å². The van der Waals surface area contributed by atoms with Gasteiger partial charge < -0.3 is 10.0 Å². The van der Waals surface area contributed by atoms with E-state index in [1.807, 2.05) is 0 Å². The van der Waals surface area contributed by atoms with E-state index >= 15 is 0 Å². The second kappa shape index (κ2) is 4.65. The van der Waals surface area contributed by atoms with Crippen molar-refractivity contribution in [2.75, 3.05) is 19.6 Å². The summed E-state index contributed by atoms with van der Waals surface area (Å²) in [5.41, 5.74) is 0.272. The number of carboxylic acid groups (broad SMARTS) is 1. The average Bonchev–Trinajstić information content (AvgIpc) is 2.78. The summed E-state index contributed by atoms with van der Waals surface area (Å²) in [6.45, 7) is 5.30. The smallest absolute Gasteiger partial charge is 0.338 e. The van der Waals surface area contributed by atoms with Crippen LogP contribution in [-0.2, 0) is 0 Å². The number of carboxylic acids is 1. The van der Waals surface area contributed by atoms with Crippen molar-refractivity contribution in [2.45, 2.75) is 25.8 Å². The monoisotopic (exact) mass is 223 g/mol. The van der Waals surface area contributed by atoms with Gasteiger partial charge in [-0.1, -0.05) is 6.92 Å². The van der Waals surface area contributed by atoms with E-state index in [-0.39, 0.29) is 5.56 Å². The molecule has 0 spiro atoms. The molecule has 5 nitrogen and oxygen atoms in total. The van der Waals surface area contributed by atoms with Crippen LogP contribution in [0.15, 0.2) is 12.4 Å². The predicted octanol–water partition coefficient (Wildman–Crippen LogP) is 1.24. The summed E-state index contributed by atoms with van der Waals surface area (Å²) in [5, 5.41) is 13.0. The summed E-state index contributed by atoms with van der Waals surface area (Å²) in [6, 6.07) is 0.321. The van der Waals surface area contributed by atoms with Crippen LogP contribution < -0.4 is 0 Å². The number of likely N-dealkylation sites (N-methyl/N-ethyl adjacent to an activating group) is 1. The molecule has 1 aliphatic heterocycles. The van der Waals surface area contributed by atoms with E-state index < -0.39 is 5.97 Å². The minimum atomic E-state index is -0.908. The number of piperidine rings is 1. The summed E-state index contributed by atoms with van der Waals surface area (Å²) in [4.78, 5) is 13.1. The Labute approximate surface area is 94.7 Å². The Hall–Kier alpha value is -1.36. The third-order valence-electron chi connectivity index (χ3n) is 3.15. The largest absolute Gasteiger partial charge is 0.478 e. The maximum Gasteiger partial charge on any atom is 0.338 e. The van der Waals surface area contributed by atoms with Crippen LogP contribution in [0, 0.1) is 0 Å². The third kappa shape index (κ3) is 2.24. The number of aromatic nitrogens is 2. The number of hydrogen-bond acceptors (Lipinski definition) is 3. The van der Waals surface area contributed by atoms with E-state index in [1.54, 1.807) is 10.9 Å². The van der Waals surface area contributed by atoms with Gasteiger partial charge in [-0.05, 0) is 25.9 Å². The van der Waals surface area contributed by atoms with Gasteiger partial charge in [-0.3, -0.25) is 4.68 Å². The van der Waals surface area contributed by atoms with Gasteiger partial charge in [-0.2, -0.15) is 5.10 Å². The topological polar surface area (TPSA) is 58.4 Å². The van der Waals surface area contributed by atoms with Crippen molar-refractivity contribution in [3.8, 4) is 0 Å². The molecule has 0 amide bonds. The van der Waals surface area contributed by atoms with Gasteiger partial charge in [0.05, 0.1) is 17.8 Å². The normalized spacial score (nSPS) is 22.2. The maximum atomic E-state index is 10.8. The molecule has 1 atom stereocenters. The molecule has 5 heteroatoms. The molecule has 0 saturated carbocycles. The zero-order valence-corrected chi connectivity index (χ0v) is 9.46. The van der Waals surface area contributed by atoms with E-state index in [2.05, 4.69) is 16.9 Å². The van der Waals surface area contributed by atoms with Crippen molar-refractivity contribution in [2.24, 2.45) is 0 Å². The van der Waals surface area contributed by atoms with Crippen molar-refractivity contribution in [3.63, 3.8) is 0 Å². The Morgan fingerprint density at radius 2 is 2.50 bits per heavy atom. The van der Waals surface area contributed by atoms with Gasteiger partial charge in [0.1, 0.15) is 0 Å². The SMILES string of the molecule is CCN1CCCC(n2cc(C(=O)O)cn2)C1. The van der Waals surface area contributed by atoms with E-state index in [0.29, 0.717) is 6.04 Å². The molecule has 1 aliphatic rings. The second-order valence-electron chi connectivity index (χ2n) is 4.20. The summed E-state index contributed by atoms with van der Waals surface area (Å²) >= 11 is 0. The highest BCUT2D eigenvalue weighted by molar-refractivity contribution is 5.86. The van der Waals surface area contributed by atoms with E-state index in [1.165, 1.54) is 6.20 Å². The molecule has 0 aliphatic carbocycles. The first-order valence-corrected chi connectivity index (χ1v) is 5.70. The minimum absolute atomic E-state index is 0.272. The van der Waals surface area contributed by atoms with Crippen molar-refractivity contribution in [1.29, 1.82) is 0 Å². The number of carbonyl (C=O) groups is 1. The van der Waals surface area contributed by atoms with Crippen molar-refractivity contribution < 1.29 is 9.90 Å². The summed E-state index contributed by atoms with van der Waals surface area (Å²) in [5.74, 6) is -0.908. The van der Waals surface area contributed by atoms with Gasteiger partial charge in [-0.25, -0.2) is 4.79 Å². The zero-order valence-electron chi connectivity index (χ0n) is 9.46. The number of rotatable bonds is 3. The molecule has 0 radical (unpaired) electrons. The summed E-state index contributed by atoms with van der Waals surface area (Å²) < 4.78 is 1.80. The van der Waals surface area contributed by atoms with Crippen molar-refractivity contribution >= 4 is 5.97 Å². The van der Waals surface area contributed by atoms with Crippen LogP contribution in [-0.4, -0.2) is 45.4 Å². The molecule has 1 unspecified atom stereocenters. The number of likely N-dealkylation sites (tertiary alicyclic amines) is 1. The Morgan fingerprint density at radius 1 is 1.69 bits per heavy atom. The van der Waals surface area contributed by atoms with Gasteiger partial charge in [0, 0.05) is 12.7 Å². The lowest BCUT2D eigenvalue weighted by Crippen LogP contribution is -2.36. The number of aromatic carboxylic acids is 1. The Balaban J connectivity index is 2.08. The Morgan fingerprint density at radius 3 is 3.12 bits per heavy atom. The summed E-state index contributed by atoms with van der Waals surface area (Å²) in [6.07, 6.45) is 5.29. The first-order valence-electron chi connectivity index (χ1n) is 5.70. The van der Waals surface area contributed by atoms with Crippen LogP contribution in [0.5, 0.6) is 0 Å². The molecular weight excluding hydrogens is 206 g/mol. The fraction of sp³-hybridized carbons (Fsp3) is 0.636. The Kier molecular flexibility index (Phi) is 3.24. The predicted molar refractivity (Wildman–Crippen MR) is 59.6 cm³/mol. The van der Waals surface area contributed by atoms with Crippen LogP contribution >= 0.6 is 0 Å². The zero-order chi connectivity index (χ0) is 11.5.